The summed E-state index contributed by atoms with van der Waals surface area (Å²) in [5, 5.41) is 0. The summed E-state index contributed by atoms with van der Waals surface area (Å²) >= 11 is 0. The molecule has 3 aliphatic carbocycles. The minimum Gasteiger partial charge on any atom is -0.373 e. The van der Waals surface area contributed by atoms with Crippen molar-refractivity contribution in [3.8, 4) is 0 Å². The Labute approximate surface area is 117 Å². The van der Waals surface area contributed by atoms with E-state index in [-0.39, 0.29) is 11.5 Å². The SMILES string of the molecule is CC1(C)CCC(OC2CC(=O)C23CCCCC3)CC1. The predicted octanol–water partition coefficient (Wildman–Crippen LogP) is 4.26. The molecule has 0 N–H and O–H groups in total. The van der Waals surface area contributed by atoms with Crippen molar-refractivity contribution in [3.63, 3.8) is 0 Å². The summed E-state index contributed by atoms with van der Waals surface area (Å²) in [7, 11) is 0. The van der Waals surface area contributed by atoms with Crippen LogP contribution in [-0.4, -0.2) is 18.0 Å². The fraction of sp³-hybridized carbons (Fsp3) is 0.941. The first-order valence-electron chi connectivity index (χ1n) is 8.21. The lowest BCUT2D eigenvalue weighted by Gasteiger charge is -2.51. The summed E-state index contributed by atoms with van der Waals surface area (Å²) < 4.78 is 6.36. The number of carbonyl (C=O) groups excluding carboxylic acids is 1. The van der Waals surface area contributed by atoms with E-state index in [0.29, 0.717) is 23.7 Å². The van der Waals surface area contributed by atoms with Crippen molar-refractivity contribution < 1.29 is 9.53 Å². The van der Waals surface area contributed by atoms with Crippen LogP contribution in [-0.2, 0) is 9.53 Å². The highest BCUT2D eigenvalue weighted by Crippen LogP contribution is 2.51. The van der Waals surface area contributed by atoms with Gasteiger partial charge in [-0.1, -0.05) is 33.1 Å². The highest BCUT2D eigenvalue weighted by atomic mass is 16.5. The highest BCUT2D eigenvalue weighted by molar-refractivity contribution is 5.92. The third kappa shape index (κ3) is 2.49. The zero-order valence-corrected chi connectivity index (χ0v) is 12.5. The minimum absolute atomic E-state index is 0.0504. The van der Waals surface area contributed by atoms with Gasteiger partial charge in [0.25, 0.3) is 0 Å². The summed E-state index contributed by atoms with van der Waals surface area (Å²) in [5.74, 6) is 0.494. The maximum atomic E-state index is 12.1. The molecule has 0 aromatic heterocycles. The van der Waals surface area contributed by atoms with E-state index < -0.39 is 0 Å². The lowest BCUT2D eigenvalue weighted by atomic mass is 9.57. The number of Topliss-reactive ketones (excluding diaryl/α,β-unsaturated/α-hetero) is 1. The first-order valence-corrected chi connectivity index (χ1v) is 8.21. The van der Waals surface area contributed by atoms with Gasteiger partial charge in [-0.05, 0) is 43.9 Å². The van der Waals surface area contributed by atoms with Crippen LogP contribution in [0.15, 0.2) is 0 Å². The molecule has 1 unspecified atom stereocenters. The Morgan fingerprint density at radius 1 is 1.00 bits per heavy atom. The molecule has 0 radical (unpaired) electrons. The second kappa shape index (κ2) is 4.87. The Kier molecular flexibility index (Phi) is 3.49. The van der Waals surface area contributed by atoms with Crippen LogP contribution in [0.3, 0.4) is 0 Å². The lowest BCUT2D eigenvalue weighted by molar-refractivity contribution is -0.181. The third-order valence-electron chi connectivity index (χ3n) is 5.93. The van der Waals surface area contributed by atoms with Crippen LogP contribution in [0.5, 0.6) is 0 Å². The van der Waals surface area contributed by atoms with Gasteiger partial charge in [-0.2, -0.15) is 0 Å². The van der Waals surface area contributed by atoms with E-state index in [0.717, 1.165) is 12.8 Å². The van der Waals surface area contributed by atoms with Gasteiger partial charge >= 0.3 is 0 Å². The van der Waals surface area contributed by atoms with E-state index in [9.17, 15) is 4.79 Å². The van der Waals surface area contributed by atoms with Crippen molar-refractivity contribution in [2.45, 2.75) is 90.3 Å². The second-order valence-corrected chi connectivity index (χ2v) is 7.83. The van der Waals surface area contributed by atoms with Gasteiger partial charge in [0.05, 0.1) is 17.6 Å². The molecule has 3 aliphatic rings. The molecule has 1 spiro atoms. The fourth-order valence-electron chi connectivity index (χ4n) is 4.32. The van der Waals surface area contributed by atoms with Crippen molar-refractivity contribution >= 4 is 5.78 Å². The lowest BCUT2D eigenvalue weighted by Crippen LogP contribution is -2.57. The molecule has 0 heterocycles. The zero-order valence-electron chi connectivity index (χ0n) is 12.5. The molecule has 0 aromatic carbocycles. The molecule has 0 aliphatic heterocycles. The van der Waals surface area contributed by atoms with Crippen molar-refractivity contribution in [2.75, 3.05) is 0 Å². The minimum atomic E-state index is -0.0504. The predicted molar refractivity (Wildman–Crippen MR) is 76.1 cm³/mol. The number of hydrogen-bond acceptors (Lipinski definition) is 2. The maximum absolute atomic E-state index is 12.1. The Morgan fingerprint density at radius 2 is 1.63 bits per heavy atom. The second-order valence-electron chi connectivity index (χ2n) is 7.83. The third-order valence-corrected chi connectivity index (χ3v) is 5.93. The zero-order chi connectivity index (χ0) is 13.5. The van der Waals surface area contributed by atoms with Crippen molar-refractivity contribution in [3.05, 3.63) is 0 Å². The van der Waals surface area contributed by atoms with Gasteiger partial charge in [0, 0.05) is 6.42 Å². The molecule has 108 valence electrons. The maximum Gasteiger partial charge on any atom is 0.144 e. The van der Waals surface area contributed by atoms with Crippen molar-refractivity contribution in [2.24, 2.45) is 10.8 Å². The molecular weight excluding hydrogens is 236 g/mol. The van der Waals surface area contributed by atoms with Gasteiger partial charge in [0.1, 0.15) is 5.78 Å². The molecule has 3 rings (SSSR count). The van der Waals surface area contributed by atoms with E-state index in [4.69, 9.17) is 4.74 Å². The smallest absolute Gasteiger partial charge is 0.144 e. The van der Waals surface area contributed by atoms with Gasteiger partial charge in [-0.25, -0.2) is 0 Å². The van der Waals surface area contributed by atoms with E-state index in [1.165, 1.54) is 44.9 Å². The van der Waals surface area contributed by atoms with Crippen molar-refractivity contribution in [1.82, 2.24) is 0 Å². The summed E-state index contributed by atoms with van der Waals surface area (Å²) in [6.07, 6.45) is 12.2. The quantitative estimate of drug-likeness (QED) is 0.744. The molecule has 19 heavy (non-hydrogen) atoms. The molecule has 0 saturated heterocycles. The van der Waals surface area contributed by atoms with E-state index in [1.807, 2.05) is 0 Å². The molecule has 0 amide bonds. The van der Waals surface area contributed by atoms with Crippen LogP contribution in [0.25, 0.3) is 0 Å². The van der Waals surface area contributed by atoms with Crippen LogP contribution >= 0.6 is 0 Å². The molecule has 0 bridgehead atoms. The molecular formula is C17H28O2. The average Bonchev–Trinajstić information content (AvgIpc) is 2.41. The Hall–Kier alpha value is -0.370. The van der Waals surface area contributed by atoms with Gasteiger partial charge in [0.2, 0.25) is 0 Å². The fourth-order valence-corrected chi connectivity index (χ4v) is 4.32. The molecule has 3 fully saturated rings. The molecule has 0 aromatic rings. The van der Waals surface area contributed by atoms with Gasteiger partial charge in [-0.3, -0.25) is 4.79 Å². The molecule has 3 saturated carbocycles. The van der Waals surface area contributed by atoms with Crippen LogP contribution in [0.4, 0.5) is 0 Å². The largest absolute Gasteiger partial charge is 0.373 e. The molecule has 2 nitrogen and oxygen atoms in total. The normalized spacial score (nSPS) is 34.2. The van der Waals surface area contributed by atoms with E-state index in [2.05, 4.69) is 13.8 Å². The van der Waals surface area contributed by atoms with Gasteiger partial charge in [-0.15, -0.1) is 0 Å². The number of rotatable bonds is 2. The average molecular weight is 264 g/mol. The topological polar surface area (TPSA) is 26.3 Å². The summed E-state index contributed by atoms with van der Waals surface area (Å²) in [5.41, 5.74) is 0.447. The molecule has 2 heteroatoms. The Balaban J connectivity index is 1.57. The number of ether oxygens (including phenoxy) is 1. The monoisotopic (exact) mass is 264 g/mol. The number of ketones is 1. The van der Waals surface area contributed by atoms with E-state index in [1.54, 1.807) is 0 Å². The van der Waals surface area contributed by atoms with Crippen LogP contribution in [0, 0.1) is 10.8 Å². The van der Waals surface area contributed by atoms with Crippen LogP contribution < -0.4 is 0 Å². The molecule has 1 atom stereocenters. The van der Waals surface area contributed by atoms with Crippen molar-refractivity contribution in [1.29, 1.82) is 0 Å². The van der Waals surface area contributed by atoms with Crippen LogP contribution in [0.1, 0.15) is 78.1 Å². The van der Waals surface area contributed by atoms with E-state index >= 15 is 0 Å². The number of hydrogen-bond donors (Lipinski definition) is 0. The first-order chi connectivity index (χ1) is 9.02. The summed E-state index contributed by atoms with van der Waals surface area (Å²) in [4.78, 5) is 12.1. The summed E-state index contributed by atoms with van der Waals surface area (Å²) in [6.45, 7) is 4.72. The first kappa shape index (κ1) is 13.6. The van der Waals surface area contributed by atoms with Gasteiger partial charge in [0.15, 0.2) is 0 Å². The van der Waals surface area contributed by atoms with Gasteiger partial charge < -0.3 is 4.74 Å². The number of carbonyl (C=O) groups is 1. The Morgan fingerprint density at radius 3 is 2.21 bits per heavy atom. The summed E-state index contributed by atoms with van der Waals surface area (Å²) in [6, 6.07) is 0. The highest BCUT2D eigenvalue weighted by Gasteiger charge is 2.56. The standard InChI is InChI=1S/C17H28O2/c1-16(2)10-6-13(7-11-16)19-15-12-14(18)17(15)8-4-3-5-9-17/h13,15H,3-12H2,1-2H3. The van der Waals surface area contributed by atoms with Crippen LogP contribution in [0.2, 0.25) is 0 Å². The Bertz CT molecular complexity index is 342.